The van der Waals surface area contributed by atoms with Gasteiger partial charge in [0.25, 0.3) is 0 Å². The van der Waals surface area contributed by atoms with Crippen LogP contribution in [0, 0.1) is 6.92 Å². The first-order valence-corrected chi connectivity index (χ1v) is 5.54. The number of rotatable bonds is 3. The van der Waals surface area contributed by atoms with Gasteiger partial charge in [0.05, 0.1) is 5.69 Å². The number of halogens is 3. The van der Waals surface area contributed by atoms with Crippen molar-refractivity contribution >= 4 is 0 Å². The third kappa shape index (κ3) is 2.91. The lowest BCUT2D eigenvalue weighted by Crippen LogP contribution is -2.05. The number of nitrogens with zero attached hydrogens (tertiary/aromatic N) is 1. The first kappa shape index (κ1) is 12.7. The van der Waals surface area contributed by atoms with Crippen LogP contribution in [0.1, 0.15) is 22.9 Å². The normalized spacial score (nSPS) is 11.8. The number of aromatic nitrogens is 1. The average molecular weight is 255 g/mol. The van der Waals surface area contributed by atoms with Crippen molar-refractivity contribution in [1.82, 2.24) is 4.98 Å². The Morgan fingerprint density at radius 3 is 2.33 bits per heavy atom. The molecule has 2 rings (SSSR count). The van der Waals surface area contributed by atoms with E-state index in [1.807, 2.05) is 30.3 Å². The molecule has 0 fully saturated rings. The van der Waals surface area contributed by atoms with Gasteiger partial charge in [0.1, 0.15) is 5.76 Å². The van der Waals surface area contributed by atoms with Crippen LogP contribution in [-0.2, 0) is 19.0 Å². The Labute approximate surface area is 102 Å². The summed E-state index contributed by atoms with van der Waals surface area (Å²) in [4.78, 5) is 3.50. The Balaban J connectivity index is 2.09. The minimum atomic E-state index is -4.52. The maximum atomic E-state index is 12.4. The zero-order chi connectivity index (χ0) is 13.2. The van der Waals surface area contributed by atoms with E-state index in [1.54, 1.807) is 0 Å². The molecule has 0 amide bonds. The van der Waals surface area contributed by atoms with E-state index >= 15 is 0 Å². The van der Waals surface area contributed by atoms with Crippen molar-refractivity contribution in [2.75, 3.05) is 0 Å². The number of aryl methyl sites for hydroxylation is 3. The molecular weight excluding hydrogens is 243 g/mol. The Morgan fingerprint density at radius 2 is 1.78 bits per heavy atom. The highest BCUT2D eigenvalue weighted by molar-refractivity contribution is 5.18. The summed E-state index contributed by atoms with van der Waals surface area (Å²) in [5, 5.41) is 0. The van der Waals surface area contributed by atoms with E-state index in [0.29, 0.717) is 18.5 Å². The maximum Gasteiger partial charge on any atom is 0.468 e. The van der Waals surface area contributed by atoms with E-state index in [4.69, 9.17) is 0 Å². The van der Waals surface area contributed by atoms with Crippen molar-refractivity contribution in [2.45, 2.75) is 25.9 Å². The highest BCUT2D eigenvalue weighted by Gasteiger charge is 2.37. The topological polar surface area (TPSA) is 26.0 Å². The molecule has 0 unspecified atom stereocenters. The monoisotopic (exact) mass is 255 g/mol. The summed E-state index contributed by atoms with van der Waals surface area (Å²) in [5.41, 5.74) is 1.43. The van der Waals surface area contributed by atoms with Gasteiger partial charge in [-0.1, -0.05) is 30.3 Å². The number of oxazole rings is 1. The summed E-state index contributed by atoms with van der Waals surface area (Å²) in [6, 6.07) is 9.55. The highest BCUT2D eigenvalue weighted by atomic mass is 19.4. The van der Waals surface area contributed by atoms with Crippen LogP contribution in [0.15, 0.2) is 34.7 Å². The average Bonchev–Trinajstić information content (AvgIpc) is 2.69. The van der Waals surface area contributed by atoms with Crippen molar-refractivity contribution in [3.8, 4) is 0 Å². The Morgan fingerprint density at radius 1 is 1.11 bits per heavy atom. The molecule has 0 N–H and O–H groups in total. The van der Waals surface area contributed by atoms with Crippen LogP contribution in [0.25, 0.3) is 0 Å². The second kappa shape index (κ2) is 4.84. The van der Waals surface area contributed by atoms with E-state index in [0.717, 1.165) is 5.56 Å². The van der Waals surface area contributed by atoms with Gasteiger partial charge in [-0.3, -0.25) is 0 Å². The SMILES string of the molecule is Cc1oc(C(F)(F)F)nc1CCc1ccccc1. The van der Waals surface area contributed by atoms with E-state index in [-0.39, 0.29) is 5.76 Å². The predicted octanol–water partition coefficient (Wildman–Crippen LogP) is 3.79. The number of alkyl halides is 3. The summed E-state index contributed by atoms with van der Waals surface area (Å²) in [5.74, 6) is -0.929. The number of benzene rings is 1. The summed E-state index contributed by atoms with van der Waals surface area (Å²) >= 11 is 0. The minimum absolute atomic E-state index is 0.234. The zero-order valence-electron chi connectivity index (χ0n) is 9.79. The van der Waals surface area contributed by atoms with Gasteiger partial charge in [0, 0.05) is 0 Å². The molecular formula is C13H12F3NO. The van der Waals surface area contributed by atoms with Gasteiger partial charge in [-0.05, 0) is 25.3 Å². The summed E-state index contributed by atoms with van der Waals surface area (Å²) in [6.45, 7) is 1.50. The lowest BCUT2D eigenvalue weighted by atomic mass is 10.1. The Bertz CT molecular complexity index is 517. The van der Waals surface area contributed by atoms with Crippen LogP contribution in [-0.4, -0.2) is 4.98 Å². The molecule has 1 heterocycles. The Kier molecular flexibility index (Phi) is 3.41. The van der Waals surface area contributed by atoms with Gasteiger partial charge in [-0.2, -0.15) is 13.2 Å². The van der Waals surface area contributed by atoms with E-state index in [1.165, 1.54) is 6.92 Å². The quantitative estimate of drug-likeness (QED) is 0.834. The lowest BCUT2D eigenvalue weighted by molar-refractivity contribution is -0.157. The molecule has 2 aromatic rings. The fourth-order valence-electron chi connectivity index (χ4n) is 1.69. The van der Waals surface area contributed by atoms with E-state index < -0.39 is 12.1 Å². The van der Waals surface area contributed by atoms with Gasteiger partial charge in [0.2, 0.25) is 0 Å². The molecule has 5 heteroatoms. The van der Waals surface area contributed by atoms with Gasteiger partial charge in [0.15, 0.2) is 0 Å². The van der Waals surface area contributed by atoms with Crippen molar-refractivity contribution in [2.24, 2.45) is 0 Å². The standard InChI is InChI=1S/C13H12F3NO/c1-9-11(17-12(18-9)13(14,15)16)8-7-10-5-3-2-4-6-10/h2-6H,7-8H2,1H3. The first-order valence-electron chi connectivity index (χ1n) is 5.54. The lowest BCUT2D eigenvalue weighted by Gasteiger charge is -1.99. The van der Waals surface area contributed by atoms with Gasteiger partial charge in [-0.15, -0.1) is 0 Å². The third-order valence-corrected chi connectivity index (χ3v) is 2.63. The second-order valence-corrected chi connectivity index (χ2v) is 4.01. The van der Waals surface area contributed by atoms with Crippen LogP contribution < -0.4 is 0 Å². The molecule has 0 aliphatic carbocycles. The molecule has 0 spiro atoms. The van der Waals surface area contributed by atoms with Crippen LogP contribution in [0.3, 0.4) is 0 Å². The minimum Gasteiger partial charge on any atom is -0.438 e. The molecule has 0 bridgehead atoms. The molecule has 0 aliphatic rings. The van der Waals surface area contributed by atoms with Crippen molar-refractivity contribution in [3.05, 3.63) is 53.2 Å². The second-order valence-electron chi connectivity index (χ2n) is 4.01. The molecule has 1 aromatic heterocycles. The van der Waals surface area contributed by atoms with Crippen molar-refractivity contribution < 1.29 is 17.6 Å². The van der Waals surface area contributed by atoms with E-state index in [9.17, 15) is 13.2 Å². The summed E-state index contributed by atoms with van der Waals surface area (Å²) in [6.07, 6.45) is -3.43. The molecule has 0 radical (unpaired) electrons. The van der Waals surface area contributed by atoms with Gasteiger partial charge < -0.3 is 4.42 Å². The van der Waals surface area contributed by atoms with Crippen LogP contribution in [0.5, 0.6) is 0 Å². The fourth-order valence-corrected chi connectivity index (χ4v) is 1.69. The molecule has 1 aromatic carbocycles. The van der Waals surface area contributed by atoms with Crippen molar-refractivity contribution in [1.29, 1.82) is 0 Å². The van der Waals surface area contributed by atoms with Crippen LogP contribution in [0.2, 0.25) is 0 Å². The van der Waals surface area contributed by atoms with Crippen molar-refractivity contribution in [3.63, 3.8) is 0 Å². The third-order valence-electron chi connectivity index (χ3n) is 2.63. The Hall–Kier alpha value is -1.78. The molecule has 0 saturated heterocycles. The smallest absolute Gasteiger partial charge is 0.438 e. The first-order chi connectivity index (χ1) is 8.47. The van der Waals surface area contributed by atoms with Gasteiger partial charge >= 0.3 is 12.1 Å². The maximum absolute atomic E-state index is 12.4. The van der Waals surface area contributed by atoms with Crippen LogP contribution in [0.4, 0.5) is 13.2 Å². The van der Waals surface area contributed by atoms with Crippen LogP contribution >= 0.6 is 0 Å². The molecule has 0 atom stereocenters. The molecule has 2 nitrogen and oxygen atoms in total. The summed E-state index contributed by atoms with van der Waals surface area (Å²) in [7, 11) is 0. The molecule has 18 heavy (non-hydrogen) atoms. The predicted molar refractivity (Wildman–Crippen MR) is 60.1 cm³/mol. The molecule has 0 saturated carbocycles. The molecule has 0 aliphatic heterocycles. The molecule has 96 valence electrons. The number of hydrogen-bond acceptors (Lipinski definition) is 2. The van der Waals surface area contributed by atoms with E-state index in [2.05, 4.69) is 9.40 Å². The van der Waals surface area contributed by atoms with Gasteiger partial charge in [-0.25, -0.2) is 4.98 Å². The zero-order valence-corrected chi connectivity index (χ0v) is 9.79. The highest BCUT2D eigenvalue weighted by Crippen LogP contribution is 2.30. The summed E-state index contributed by atoms with van der Waals surface area (Å²) < 4.78 is 41.8. The largest absolute Gasteiger partial charge is 0.468 e. The number of hydrogen-bond donors (Lipinski definition) is 0. The fraction of sp³-hybridized carbons (Fsp3) is 0.308.